The second kappa shape index (κ2) is 6.92. The molecule has 0 aromatic heterocycles. The Bertz CT molecular complexity index is 543. The molecular formula is C13H22N2O4S. The van der Waals surface area contributed by atoms with E-state index < -0.39 is 10.0 Å². The first-order valence-corrected chi connectivity index (χ1v) is 7.93. The van der Waals surface area contributed by atoms with Crippen LogP contribution in [0.5, 0.6) is 5.75 Å². The molecule has 0 spiro atoms. The summed E-state index contributed by atoms with van der Waals surface area (Å²) < 4.78 is 32.0. The summed E-state index contributed by atoms with van der Waals surface area (Å²) in [6, 6.07) is 4.24. The van der Waals surface area contributed by atoms with Crippen LogP contribution in [0.1, 0.15) is 20.8 Å². The highest BCUT2D eigenvalue weighted by atomic mass is 32.2. The molecule has 20 heavy (non-hydrogen) atoms. The molecule has 0 heterocycles. The largest absolute Gasteiger partial charge is 0.492 e. The minimum absolute atomic E-state index is 0.0281. The van der Waals surface area contributed by atoms with Crippen LogP contribution >= 0.6 is 0 Å². The van der Waals surface area contributed by atoms with Crippen LogP contribution < -0.4 is 10.5 Å². The molecule has 0 fully saturated rings. The van der Waals surface area contributed by atoms with E-state index in [4.69, 9.17) is 15.6 Å². The molecule has 0 unspecified atom stereocenters. The molecule has 0 aliphatic heterocycles. The van der Waals surface area contributed by atoms with Gasteiger partial charge in [-0.15, -0.1) is 0 Å². The molecule has 1 aromatic rings. The summed E-state index contributed by atoms with van der Waals surface area (Å²) in [6.07, 6.45) is 0. The van der Waals surface area contributed by atoms with Crippen LogP contribution in [0.15, 0.2) is 23.1 Å². The van der Waals surface area contributed by atoms with Gasteiger partial charge in [0.05, 0.1) is 13.2 Å². The van der Waals surface area contributed by atoms with E-state index in [0.29, 0.717) is 12.3 Å². The van der Waals surface area contributed by atoms with Gasteiger partial charge in [0.15, 0.2) is 0 Å². The third-order valence-electron chi connectivity index (χ3n) is 2.75. The van der Waals surface area contributed by atoms with Crippen molar-refractivity contribution < 1.29 is 18.3 Å². The van der Waals surface area contributed by atoms with Gasteiger partial charge in [-0.05, 0) is 39.0 Å². The molecule has 0 saturated carbocycles. The molecule has 1 rings (SSSR count). The molecule has 0 atom stereocenters. The molecule has 3 N–H and O–H groups in total. The van der Waals surface area contributed by atoms with Crippen LogP contribution in [0.3, 0.4) is 0 Å². The number of nitrogen functional groups attached to an aromatic ring is 1. The number of benzene rings is 1. The standard InChI is InChI=1S/C13H22N2O4S/c1-4-19-12-6-5-11(14)9-13(12)20(17,18)15(7-8-16)10(2)3/h5-6,9-10,16H,4,7-8,14H2,1-3H3. The Kier molecular flexibility index (Phi) is 5.79. The van der Waals surface area contributed by atoms with Crippen LogP contribution in [0.25, 0.3) is 0 Å². The van der Waals surface area contributed by atoms with Gasteiger partial charge in [0.25, 0.3) is 0 Å². The van der Waals surface area contributed by atoms with E-state index >= 15 is 0 Å². The maximum atomic E-state index is 12.7. The van der Waals surface area contributed by atoms with E-state index in [9.17, 15) is 8.42 Å². The zero-order chi connectivity index (χ0) is 15.3. The summed E-state index contributed by atoms with van der Waals surface area (Å²) in [4.78, 5) is 0.0292. The zero-order valence-electron chi connectivity index (χ0n) is 12.0. The average Bonchev–Trinajstić information content (AvgIpc) is 2.37. The average molecular weight is 302 g/mol. The van der Waals surface area contributed by atoms with Gasteiger partial charge in [-0.3, -0.25) is 0 Å². The topological polar surface area (TPSA) is 92.9 Å². The van der Waals surface area contributed by atoms with Crippen molar-refractivity contribution in [3.63, 3.8) is 0 Å². The van der Waals surface area contributed by atoms with Gasteiger partial charge >= 0.3 is 0 Å². The third kappa shape index (κ3) is 3.62. The number of ether oxygens (including phenoxy) is 1. The molecule has 7 heteroatoms. The van der Waals surface area contributed by atoms with Gasteiger partial charge in [0.1, 0.15) is 10.6 Å². The van der Waals surface area contributed by atoms with Crippen molar-refractivity contribution >= 4 is 15.7 Å². The van der Waals surface area contributed by atoms with Crippen LogP contribution in [0, 0.1) is 0 Å². The van der Waals surface area contributed by atoms with E-state index in [-0.39, 0.29) is 29.8 Å². The lowest BCUT2D eigenvalue weighted by molar-refractivity contribution is 0.236. The van der Waals surface area contributed by atoms with Gasteiger partial charge in [-0.1, -0.05) is 0 Å². The lowest BCUT2D eigenvalue weighted by Gasteiger charge is -2.26. The SMILES string of the molecule is CCOc1ccc(N)cc1S(=O)(=O)N(CCO)C(C)C. The van der Waals surface area contributed by atoms with Crippen LogP contribution in [0.2, 0.25) is 0 Å². The number of sulfonamides is 1. The first kappa shape index (κ1) is 16.7. The van der Waals surface area contributed by atoms with Crippen LogP contribution in [-0.4, -0.2) is 43.6 Å². The summed E-state index contributed by atoms with van der Waals surface area (Å²) in [6.45, 7) is 5.42. The van der Waals surface area contributed by atoms with Crippen molar-refractivity contribution in [2.45, 2.75) is 31.7 Å². The van der Waals surface area contributed by atoms with Crippen molar-refractivity contribution in [2.24, 2.45) is 0 Å². The summed E-state index contributed by atoms with van der Waals surface area (Å²) in [5, 5.41) is 9.06. The number of nitrogens with zero attached hydrogens (tertiary/aromatic N) is 1. The molecule has 0 radical (unpaired) electrons. The molecule has 114 valence electrons. The fourth-order valence-electron chi connectivity index (χ4n) is 1.88. The quantitative estimate of drug-likeness (QED) is 0.735. The van der Waals surface area contributed by atoms with Crippen LogP contribution in [0.4, 0.5) is 5.69 Å². The number of aliphatic hydroxyl groups is 1. The number of aliphatic hydroxyl groups excluding tert-OH is 1. The maximum absolute atomic E-state index is 12.7. The number of rotatable bonds is 7. The number of hydrogen-bond acceptors (Lipinski definition) is 5. The van der Waals surface area contributed by atoms with Crippen molar-refractivity contribution in [2.75, 3.05) is 25.5 Å². The van der Waals surface area contributed by atoms with Gasteiger partial charge < -0.3 is 15.6 Å². The molecule has 0 aliphatic rings. The highest BCUT2D eigenvalue weighted by molar-refractivity contribution is 7.89. The second-order valence-corrected chi connectivity index (χ2v) is 6.43. The van der Waals surface area contributed by atoms with Crippen molar-refractivity contribution in [1.82, 2.24) is 4.31 Å². The number of nitrogens with two attached hydrogens (primary N) is 1. The normalized spacial score (nSPS) is 12.1. The van der Waals surface area contributed by atoms with E-state index in [2.05, 4.69) is 0 Å². The highest BCUT2D eigenvalue weighted by Gasteiger charge is 2.29. The Morgan fingerprint density at radius 1 is 1.40 bits per heavy atom. The predicted molar refractivity (Wildman–Crippen MR) is 78.1 cm³/mol. The first-order valence-electron chi connectivity index (χ1n) is 6.49. The van der Waals surface area contributed by atoms with Crippen molar-refractivity contribution in [1.29, 1.82) is 0 Å². The smallest absolute Gasteiger partial charge is 0.247 e. The minimum Gasteiger partial charge on any atom is -0.492 e. The Morgan fingerprint density at radius 2 is 2.05 bits per heavy atom. The monoisotopic (exact) mass is 302 g/mol. The first-order chi connectivity index (χ1) is 9.34. The highest BCUT2D eigenvalue weighted by Crippen LogP contribution is 2.29. The van der Waals surface area contributed by atoms with Gasteiger partial charge in [-0.2, -0.15) is 4.31 Å². The molecular weight excluding hydrogens is 280 g/mol. The number of anilines is 1. The van der Waals surface area contributed by atoms with E-state index in [1.54, 1.807) is 32.9 Å². The van der Waals surface area contributed by atoms with E-state index in [1.165, 1.54) is 10.4 Å². The minimum atomic E-state index is -3.77. The fraction of sp³-hybridized carbons (Fsp3) is 0.538. The fourth-order valence-corrected chi connectivity index (χ4v) is 3.68. The summed E-state index contributed by atoms with van der Waals surface area (Å²) in [5.41, 5.74) is 6.03. The zero-order valence-corrected chi connectivity index (χ0v) is 12.9. The van der Waals surface area contributed by atoms with Gasteiger partial charge in [0, 0.05) is 18.3 Å². The van der Waals surface area contributed by atoms with E-state index in [1.807, 2.05) is 0 Å². The Hall–Kier alpha value is -1.31. The summed E-state index contributed by atoms with van der Waals surface area (Å²) in [5.74, 6) is 0.269. The van der Waals surface area contributed by atoms with Gasteiger partial charge in [-0.25, -0.2) is 8.42 Å². The van der Waals surface area contributed by atoms with Crippen molar-refractivity contribution in [3.8, 4) is 5.75 Å². The molecule has 1 aromatic carbocycles. The Labute approximate surface area is 120 Å². The maximum Gasteiger partial charge on any atom is 0.247 e. The van der Waals surface area contributed by atoms with E-state index in [0.717, 1.165) is 0 Å². The van der Waals surface area contributed by atoms with Crippen LogP contribution in [-0.2, 0) is 10.0 Å². The number of hydrogen-bond donors (Lipinski definition) is 2. The molecule has 6 nitrogen and oxygen atoms in total. The molecule has 0 bridgehead atoms. The molecule has 0 aliphatic carbocycles. The lowest BCUT2D eigenvalue weighted by atomic mass is 10.3. The molecule has 0 amide bonds. The second-order valence-electron chi connectivity index (χ2n) is 4.57. The molecule has 0 saturated heterocycles. The van der Waals surface area contributed by atoms with Gasteiger partial charge in [0.2, 0.25) is 10.0 Å². The summed E-state index contributed by atoms with van der Waals surface area (Å²) >= 11 is 0. The predicted octanol–water partition coefficient (Wildman–Crippen LogP) is 1.06. The Balaban J connectivity index is 3.35. The van der Waals surface area contributed by atoms with Crippen molar-refractivity contribution in [3.05, 3.63) is 18.2 Å². The summed E-state index contributed by atoms with van der Waals surface area (Å²) in [7, 11) is -3.77. The Morgan fingerprint density at radius 3 is 2.55 bits per heavy atom. The lowest BCUT2D eigenvalue weighted by Crippen LogP contribution is -2.39. The third-order valence-corrected chi connectivity index (χ3v) is 4.85.